The van der Waals surface area contributed by atoms with Crippen LogP contribution >= 0.6 is 12.4 Å². The average molecular weight is 377 g/mol. The van der Waals surface area contributed by atoms with Crippen LogP contribution in [0.5, 0.6) is 0 Å². The summed E-state index contributed by atoms with van der Waals surface area (Å²) in [6.07, 6.45) is -3.35. The first-order valence-electron chi connectivity index (χ1n) is 7.27. The molecule has 1 aliphatic rings. The Morgan fingerprint density at radius 2 is 1.96 bits per heavy atom. The minimum atomic E-state index is -4.49. The van der Waals surface area contributed by atoms with Crippen molar-refractivity contribution in [1.82, 2.24) is 15.1 Å². The normalized spacial score (nSPS) is 14.5. The fraction of sp³-hybridized carbons (Fsp3) is 0.333. The second-order valence-electron chi connectivity index (χ2n) is 5.31. The van der Waals surface area contributed by atoms with Crippen molar-refractivity contribution in [3.63, 3.8) is 0 Å². The number of nitrogens with one attached hydrogen (secondary N) is 2. The van der Waals surface area contributed by atoms with Crippen LogP contribution in [0.3, 0.4) is 0 Å². The predicted molar refractivity (Wildman–Crippen MR) is 87.1 cm³/mol. The molecule has 1 fully saturated rings. The van der Waals surface area contributed by atoms with Crippen LogP contribution in [0.25, 0.3) is 5.69 Å². The molecule has 1 amide bonds. The van der Waals surface area contributed by atoms with E-state index in [4.69, 9.17) is 4.74 Å². The number of carbonyl (C=O) groups is 1. The lowest BCUT2D eigenvalue weighted by Gasteiger charge is -2.26. The average Bonchev–Trinajstić information content (AvgIpc) is 2.96. The van der Waals surface area contributed by atoms with Crippen molar-refractivity contribution in [2.75, 3.05) is 25.0 Å². The van der Waals surface area contributed by atoms with Gasteiger partial charge < -0.3 is 15.4 Å². The summed E-state index contributed by atoms with van der Waals surface area (Å²) in [5.74, 6) is -0.315. The van der Waals surface area contributed by atoms with Crippen molar-refractivity contribution < 1.29 is 22.7 Å². The maximum absolute atomic E-state index is 12.9. The van der Waals surface area contributed by atoms with Gasteiger partial charge in [-0.1, -0.05) is 0 Å². The van der Waals surface area contributed by atoms with Crippen molar-refractivity contribution in [1.29, 1.82) is 0 Å². The number of aromatic nitrogens is 2. The molecule has 136 valence electrons. The molecule has 2 heterocycles. The number of halogens is 4. The molecular formula is C15H16ClF3N4O2. The maximum Gasteiger partial charge on any atom is 0.433 e. The van der Waals surface area contributed by atoms with E-state index in [0.717, 1.165) is 30.0 Å². The number of anilines is 1. The van der Waals surface area contributed by atoms with E-state index < -0.39 is 11.9 Å². The lowest BCUT2D eigenvalue weighted by Crippen LogP contribution is -2.49. The lowest BCUT2D eigenvalue weighted by atomic mass is 10.2. The van der Waals surface area contributed by atoms with Crippen molar-refractivity contribution in [2.24, 2.45) is 0 Å². The molecule has 0 spiro atoms. The first kappa shape index (κ1) is 19.2. The van der Waals surface area contributed by atoms with Gasteiger partial charge in [0.25, 0.3) is 0 Å². The summed E-state index contributed by atoms with van der Waals surface area (Å²) in [7, 11) is 0. The molecular weight excluding hydrogens is 361 g/mol. The number of ether oxygens (including phenoxy) is 1. The Morgan fingerprint density at radius 1 is 1.28 bits per heavy atom. The van der Waals surface area contributed by atoms with E-state index in [1.165, 1.54) is 24.3 Å². The number of amides is 1. The third kappa shape index (κ3) is 4.71. The van der Waals surface area contributed by atoms with Gasteiger partial charge in [0.05, 0.1) is 18.0 Å². The fourth-order valence-corrected chi connectivity index (χ4v) is 2.18. The van der Waals surface area contributed by atoms with Crippen LogP contribution in [0.4, 0.5) is 18.9 Å². The number of rotatable bonds is 5. The number of alkyl halides is 3. The zero-order valence-corrected chi connectivity index (χ0v) is 13.7. The SMILES string of the molecule is Cl.O=C(COC1CNC1)Nc1ccc(-n2nccc2C(F)(F)F)cc1. The van der Waals surface area contributed by atoms with Gasteiger partial charge >= 0.3 is 6.18 Å². The lowest BCUT2D eigenvalue weighted by molar-refractivity contribution is -0.142. The molecule has 1 saturated heterocycles. The monoisotopic (exact) mass is 376 g/mol. The van der Waals surface area contributed by atoms with Gasteiger partial charge in [0.1, 0.15) is 12.3 Å². The topological polar surface area (TPSA) is 68.2 Å². The van der Waals surface area contributed by atoms with Gasteiger partial charge in [-0.25, -0.2) is 4.68 Å². The van der Waals surface area contributed by atoms with Gasteiger partial charge in [-0.05, 0) is 30.3 Å². The Labute approximate surface area is 147 Å². The van der Waals surface area contributed by atoms with Crippen LogP contribution in [-0.2, 0) is 15.7 Å². The molecule has 3 rings (SSSR count). The van der Waals surface area contributed by atoms with Crippen LogP contribution < -0.4 is 10.6 Å². The Bertz CT molecular complexity index is 714. The number of carbonyl (C=O) groups excluding carboxylic acids is 1. The zero-order chi connectivity index (χ0) is 17.2. The smallest absolute Gasteiger partial charge is 0.366 e. The van der Waals surface area contributed by atoms with Crippen LogP contribution in [0.15, 0.2) is 36.5 Å². The van der Waals surface area contributed by atoms with Crippen LogP contribution in [0, 0.1) is 0 Å². The summed E-state index contributed by atoms with van der Waals surface area (Å²) >= 11 is 0. The van der Waals surface area contributed by atoms with E-state index in [0.29, 0.717) is 5.69 Å². The van der Waals surface area contributed by atoms with Crippen LogP contribution in [-0.4, -0.2) is 41.5 Å². The van der Waals surface area contributed by atoms with Gasteiger partial charge in [0.2, 0.25) is 5.91 Å². The van der Waals surface area contributed by atoms with E-state index >= 15 is 0 Å². The molecule has 2 N–H and O–H groups in total. The van der Waals surface area contributed by atoms with Crippen molar-refractivity contribution in [3.05, 3.63) is 42.2 Å². The Balaban J connectivity index is 0.00000225. The second kappa shape index (κ2) is 7.85. The Morgan fingerprint density at radius 3 is 2.52 bits per heavy atom. The van der Waals surface area contributed by atoms with Gasteiger partial charge in [0.15, 0.2) is 0 Å². The summed E-state index contributed by atoms with van der Waals surface area (Å²) in [4.78, 5) is 11.7. The molecule has 1 aliphatic heterocycles. The molecule has 0 atom stereocenters. The number of hydrogen-bond donors (Lipinski definition) is 2. The summed E-state index contributed by atoms with van der Waals surface area (Å²) in [5, 5.41) is 9.34. The summed E-state index contributed by atoms with van der Waals surface area (Å²) in [6.45, 7) is 1.40. The molecule has 0 bridgehead atoms. The minimum absolute atomic E-state index is 0. The zero-order valence-electron chi connectivity index (χ0n) is 12.9. The molecule has 2 aromatic rings. The Kier molecular flexibility index (Phi) is 6.04. The van der Waals surface area contributed by atoms with Crippen molar-refractivity contribution >= 4 is 24.0 Å². The number of nitrogens with zero attached hydrogens (tertiary/aromatic N) is 2. The summed E-state index contributed by atoms with van der Waals surface area (Å²) < 4.78 is 44.7. The summed E-state index contributed by atoms with van der Waals surface area (Å²) in [6, 6.07) is 6.84. The van der Waals surface area contributed by atoms with Crippen molar-refractivity contribution in [2.45, 2.75) is 12.3 Å². The summed E-state index contributed by atoms with van der Waals surface area (Å²) in [5.41, 5.74) is -0.135. The van der Waals surface area contributed by atoms with E-state index in [1.54, 1.807) is 0 Å². The quantitative estimate of drug-likeness (QED) is 0.839. The Hall–Kier alpha value is -2.10. The van der Waals surface area contributed by atoms with Gasteiger partial charge in [0, 0.05) is 18.8 Å². The highest BCUT2D eigenvalue weighted by atomic mass is 35.5. The highest BCUT2D eigenvalue weighted by molar-refractivity contribution is 5.91. The first-order chi connectivity index (χ1) is 11.4. The van der Waals surface area contributed by atoms with E-state index in [1.807, 2.05) is 0 Å². The van der Waals surface area contributed by atoms with Crippen LogP contribution in [0.1, 0.15) is 5.69 Å². The highest BCUT2D eigenvalue weighted by Crippen LogP contribution is 2.30. The van der Waals surface area contributed by atoms with Gasteiger partial charge in [-0.2, -0.15) is 18.3 Å². The largest absolute Gasteiger partial charge is 0.433 e. The molecule has 6 nitrogen and oxygen atoms in total. The third-order valence-electron chi connectivity index (χ3n) is 3.52. The maximum atomic E-state index is 12.9. The molecule has 0 radical (unpaired) electrons. The van der Waals surface area contributed by atoms with Gasteiger partial charge in [-0.3, -0.25) is 4.79 Å². The predicted octanol–water partition coefficient (Wildman–Crippen LogP) is 2.24. The van der Waals surface area contributed by atoms with E-state index in [9.17, 15) is 18.0 Å². The van der Waals surface area contributed by atoms with Crippen molar-refractivity contribution in [3.8, 4) is 5.69 Å². The molecule has 0 saturated carbocycles. The highest BCUT2D eigenvalue weighted by Gasteiger charge is 2.35. The minimum Gasteiger partial charge on any atom is -0.366 e. The third-order valence-corrected chi connectivity index (χ3v) is 3.52. The first-order valence-corrected chi connectivity index (χ1v) is 7.27. The molecule has 1 aromatic heterocycles. The van der Waals surface area contributed by atoms with Gasteiger partial charge in [-0.15, -0.1) is 12.4 Å². The van der Waals surface area contributed by atoms with Crippen LogP contribution in [0.2, 0.25) is 0 Å². The number of hydrogen-bond acceptors (Lipinski definition) is 4. The van der Waals surface area contributed by atoms with E-state index in [-0.39, 0.29) is 36.7 Å². The second-order valence-corrected chi connectivity index (χ2v) is 5.31. The van der Waals surface area contributed by atoms with E-state index in [2.05, 4.69) is 15.7 Å². The molecule has 0 unspecified atom stereocenters. The molecule has 0 aliphatic carbocycles. The molecule has 10 heteroatoms. The molecule has 25 heavy (non-hydrogen) atoms. The standard InChI is InChI=1S/C15H15F3N4O2.ClH/c16-15(17,18)13-5-6-20-22(13)11-3-1-10(2-4-11)21-14(23)9-24-12-7-19-8-12;/h1-6,12,19H,7-9H2,(H,21,23);1H. The number of benzene rings is 1. The molecule has 1 aromatic carbocycles. The fourth-order valence-electron chi connectivity index (χ4n) is 2.18.